The van der Waals surface area contributed by atoms with Crippen LogP contribution in [0, 0.1) is 0 Å². The topological polar surface area (TPSA) is 66.4 Å². The summed E-state index contributed by atoms with van der Waals surface area (Å²) in [5.74, 6) is -0.603. The number of nitrogens with one attached hydrogen (secondary N) is 1. The number of likely N-dealkylation sites (N-methyl/N-ethyl adjacent to an activating group) is 1. The number of carboxylic acid groups (broad SMARTS) is 1. The molecule has 0 aromatic heterocycles. The van der Waals surface area contributed by atoms with Gasteiger partial charge in [-0.05, 0) is 19.3 Å². The van der Waals surface area contributed by atoms with Crippen LogP contribution in [0.2, 0.25) is 0 Å². The number of unbranched alkanes of at least 4 members (excludes halogenated alkanes) is 13. The maximum Gasteiger partial charge on any atom is 0.362 e. The predicted molar refractivity (Wildman–Crippen MR) is 127 cm³/mol. The summed E-state index contributed by atoms with van der Waals surface area (Å²) in [6.07, 6.45) is 20.0. The van der Waals surface area contributed by atoms with Crippen molar-refractivity contribution in [2.75, 3.05) is 27.7 Å². The zero-order chi connectivity index (χ0) is 22.7. The molecule has 1 amide bonds. The van der Waals surface area contributed by atoms with Gasteiger partial charge in [-0.2, -0.15) is 0 Å². The number of carbonyl (C=O) groups is 2. The van der Waals surface area contributed by atoms with Crippen molar-refractivity contribution < 1.29 is 19.2 Å². The molecule has 0 radical (unpaired) electrons. The molecule has 0 aliphatic rings. The Hall–Kier alpha value is -1.10. The van der Waals surface area contributed by atoms with E-state index in [2.05, 4.69) is 12.2 Å². The molecule has 0 aliphatic heterocycles. The van der Waals surface area contributed by atoms with Crippen molar-refractivity contribution in [2.45, 2.75) is 122 Å². The minimum absolute atomic E-state index is 0.138. The summed E-state index contributed by atoms with van der Waals surface area (Å²) in [5.41, 5.74) is 0. The highest BCUT2D eigenvalue weighted by molar-refractivity contribution is 5.75. The molecule has 0 aliphatic carbocycles. The van der Waals surface area contributed by atoms with Crippen LogP contribution in [0.5, 0.6) is 0 Å². The average Bonchev–Trinajstić information content (AvgIpc) is 2.66. The number of hydrogen-bond donors (Lipinski definition) is 2. The van der Waals surface area contributed by atoms with Crippen LogP contribution in [-0.4, -0.2) is 55.2 Å². The van der Waals surface area contributed by atoms with E-state index in [0.717, 1.165) is 25.7 Å². The first-order valence-corrected chi connectivity index (χ1v) is 12.6. The number of carboxylic acids is 1. The van der Waals surface area contributed by atoms with E-state index in [1.165, 1.54) is 70.6 Å². The molecule has 0 saturated carbocycles. The Morgan fingerprint density at radius 1 is 0.733 bits per heavy atom. The highest BCUT2D eigenvalue weighted by Gasteiger charge is 2.30. The molecule has 0 fully saturated rings. The average molecular weight is 428 g/mol. The van der Waals surface area contributed by atoms with Gasteiger partial charge in [0.15, 0.2) is 6.04 Å². The Labute approximate surface area is 186 Å². The van der Waals surface area contributed by atoms with E-state index in [4.69, 9.17) is 0 Å². The standard InChI is InChI=1S/C25H50N2O3/c1-5-6-7-8-9-10-11-12-13-14-15-16-17-21-24(28)26-22-19-18-20-23(25(29)30)27(2,3)4/h23H,5-22H2,1-4H3,(H-,26,28,29,30)/p+1/t23-/m0/s1. The molecule has 0 aromatic carbocycles. The third-order valence-electron chi connectivity index (χ3n) is 5.95. The molecule has 0 rings (SSSR count). The van der Waals surface area contributed by atoms with Gasteiger partial charge in [-0.1, -0.05) is 84.0 Å². The predicted octanol–water partition coefficient (Wildman–Crippen LogP) is 5.91. The minimum Gasteiger partial charge on any atom is -0.477 e. The van der Waals surface area contributed by atoms with Crippen LogP contribution in [0.15, 0.2) is 0 Å². The summed E-state index contributed by atoms with van der Waals surface area (Å²) in [7, 11) is 5.74. The van der Waals surface area contributed by atoms with Crippen molar-refractivity contribution in [3.05, 3.63) is 0 Å². The monoisotopic (exact) mass is 427 g/mol. The fraction of sp³-hybridized carbons (Fsp3) is 0.920. The quantitative estimate of drug-likeness (QED) is 0.177. The van der Waals surface area contributed by atoms with E-state index >= 15 is 0 Å². The van der Waals surface area contributed by atoms with Crippen LogP contribution in [0.1, 0.15) is 116 Å². The van der Waals surface area contributed by atoms with Gasteiger partial charge >= 0.3 is 5.97 Å². The first-order valence-electron chi connectivity index (χ1n) is 12.6. The summed E-state index contributed by atoms with van der Waals surface area (Å²) >= 11 is 0. The first kappa shape index (κ1) is 28.9. The van der Waals surface area contributed by atoms with Crippen molar-refractivity contribution in [2.24, 2.45) is 0 Å². The molecule has 0 spiro atoms. The van der Waals surface area contributed by atoms with Crippen LogP contribution in [-0.2, 0) is 9.59 Å². The SMILES string of the molecule is CCCCCCCCCCCCCCCC(=O)NCCCC[C@@H](C(=O)O)[N+](C)(C)C. The van der Waals surface area contributed by atoms with Crippen molar-refractivity contribution in [3.8, 4) is 0 Å². The molecule has 0 heterocycles. The lowest BCUT2D eigenvalue weighted by Crippen LogP contribution is -2.49. The number of rotatable bonds is 21. The molecule has 0 saturated heterocycles. The van der Waals surface area contributed by atoms with E-state index in [9.17, 15) is 14.7 Å². The van der Waals surface area contributed by atoms with Gasteiger partial charge in [0.05, 0.1) is 21.1 Å². The Bertz CT molecular complexity index is 433. The van der Waals surface area contributed by atoms with E-state index in [-0.39, 0.29) is 11.9 Å². The molecule has 1 atom stereocenters. The summed E-state index contributed by atoms with van der Waals surface area (Å²) in [6, 6.07) is -0.383. The van der Waals surface area contributed by atoms with Crippen LogP contribution in [0.25, 0.3) is 0 Å². The van der Waals surface area contributed by atoms with E-state index in [1.807, 2.05) is 21.1 Å². The molecule has 0 unspecified atom stereocenters. The van der Waals surface area contributed by atoms with Crippen LogP contribution < -0.4 is 5.32 Å². The number of carbonyl (C=O) groups excluding carboxylic acids is 1. The van der Waals surface area contributed by atoms with Gasteiger partial charge in [0, 0.05) is 19.4 Å². The highest BCUT2D eigenvalue weighted by atomic mass is 16.4. The van der Waals surface area contributed by atoms with Gasteiger partial charge < -0.3 is 14.9 Å². The summed E-state index contributed by atoms with van der Waals surface area (Å²) in [4.78, 5) is 23.2. The van der Waals surface area contributed by atoms with Crippen LogP contribution >= 0.6 is 0 Å². The second-order valence-electron chi connectivity index (χ2n) is 9.81. The van der Waals surface area contributed by atoms with Crippen molar-refractivity contribution in [1.29, 1.82) is 0 Å². The Kier molecular flexibility index (Phi) is 18.0. The second kappa shape index (κ2) is 18.7. The zero-order valence-corrected chi connectivity index (χ0v) is 20.5. The van der Waals surface area contributed by atoms with Gasteiger partial charge in [0.25, 0.3) is 0 Å². The smallest absolute Gasteiger partial charge is 0.362 e. The lowest BCUT2D eigenvalue weighted by molar-refractivity contribution is -0.887. The number of aliphatic carboxylic acids is 1. The molecule has 0 bridgehead atoms. The molecule has 0 aromatic rings. The van der Waals surface area contributed by atoms with Crippen LogP contribution in [0.4, 0.5) is 0 Å². The lowest BCUT2D eigenvalue weighted by Gasteiger charge is -2.31. The van der Waals surface area contributed by atoms with Crippen molar-refractivity contribution in [3.63, 3.8) is 0 Å². The normalized spacial score (nSPS) is 12.7. The fourth-order valence-electron chi connectivity index (χ4n) is 3.92. The Morgan fingerprint density at radius 2 is 1.20 bits per heavy atom. The molecule has 178 valence electrons. The molecular weight excluding hydrogens is 376 g/mol. The van der Waals surface area contributed by atoms with E-state index in [1.54, 1.807) is 0 Å². The number of amides is 1. The fourth-order valence-corrected chi connectivity index (χ4v) is 3.92. The zero-order valence-electron chi connectivity index (χ0n) is 20.5. The summed E-state index contributed by atoms with van der Waals surface area (Å²) < 4.78 is 0.431. The van der Waals surface area contributed by atoms with Gasteiger partial charge in [-0.25, -0.2) is 4.79 Å². The number of quaternary nitrogens is 1. The number of hydrogen-bond acceptors (Lipinski definition) is 2. The third kappa shape index (κ3) is 17.7. The molecule has 30 heavy (non-hydrogen) atoms. The van der Waals surface area contributed by atoms with E-state index < -0.39 is 5.97 Å². The van der Waals surface area contributed by atoms with Gasteiger partial charge in [-0.15, -0.1) is 0 Å². The second-order valence-corrected chi connectivity index (χ2v) is 9.81. The van der Waals surface area contributed by atoms with Crippen molar-refractivity contribution >= 4 is 11.9 Å². The Balaban J connectivity index is 3.43. The van der Waals surface area contributed by atoms with Gasteiger partial charge in [0.1, 0.15) is 0 Å². The largest absolute Gasteiger partial charge is 0.477 e. The molecule has 2 N–H and O–H groups in total. The summed E-state index contributed by atoms with van der Waals surface area (Å²) in [6.45, 7) is 2.92. The highest BCUT2D eigenvalue weighted by Crippen LogP contribution is 2.13. The molecular formula is C25H51N2O3+. The van der Waals surface area contributed by atoms with Gasteiger partial charge in [-0.3, -0.25) is 4.79 Å². The third-order valence-corrected chi connectivity index (χ3v) is 5.95. The maximum absolute atomic E-state index is 11.9. The Morgan fingerprint density at radius 3 is 1.63 bits per heavy atom. The molecule has 5 nitrogen and oxygen atoms in total. The lowest BCUT2D eigenvalue weighted by atomic mass is 10.0. The number of nitrogens with zero attached hydrogens (tertiary/aromatic N) is 1. The van der Waals surface area contributed by atoms with Crippen molar-refractivity contribution in [1.82, 2.24) is 5.32 Å². The van der Waals surface area contributed by atoms with E-state index in [0.29, 0.717) is 23.9 Å². The minimum atomic E-state index is -0.742. The van der Waals surface area contributed by atoms with Crippen LogP contribution in [0.3, 0.4) is 0 Å². The molecule has 5 heteroatoms. The van der Waals surface area contributed by atoms with Gasteiger partial charge in [0.2, 0.25) is 5.91 Å². The summed E-state index contributed by atoms with van der Waals surface area (Å²) in [5, 5.41) is 12.3. The maximum atomic E-state index is 11.9. The first-order chi connectivity index (χ1) is 14.3.